The fourth-order valence-electron chi connectivity index (χ4n) is 2.99. The van der Waals surface area contributed by atoms with Crippen LogP contribution in [-0.4, -0.2) is 42.2 Å². The number of esters is 1. The average molecular weight is 314 g/mol. The first-order chi connectivity index (χ1) is 11.1. The number of carboxylic acids is 1. The number of aromatic nitrogens is 1. The van der Waals surface area contributed by atoms with E-state index in [-0.39, 0.29) is 11.9 Å². The van der Waals surface area contributed by atoms with Gasteiger partial charge >= 0.3 is 11.9 Å². The third kappa shape index (κ3) is 2.97. The van der Waals surface area contributed by atoms with Crippen LogP contribution in [0.3, 0.4) is 0 Å². The lowest BCUT2D eigenvalue weighted by atomic mass is 9.96. The second-order valence-electron chi connectivity index (χ2n) is 5.66. The van der Waals surface area contributed by atoms with E-state index >= 15 is 0 Å². The van der Waals surface area contributed by atoms with Crippen molar-refractivity contribution in [3.63, 3.8) is 0 Å². The Balaban J connectivity index is 1.94. The number of methoxy groups -OCH3 is 1. The van der Waals surface area contributed by atoms with Crippen molar-refractivity contribution in [1.29, 1.82) is 0 Å². The lowest BCUT2D eigenvalue weighted by Gasteiger charge is -2.31. The van der Waals surface area contributed by atoms with Crippen LogP contribution in [-0.2, 0) is 9.53 Å². The monoisotopic (exact) mass is 314 g/mol. The molecule has 1 saturated heterocycles. The van der Waals surface area contributed by atoms with Gasteiger partial charge in [0.1, 0.15) is 5.82 Å². The molecule has 1 N–H and O–H groups in total. The summed E-state index contributed by atoms with van der Waals surface area (Å²) in [4.78, 5) is 29.4. The van der Waals surface area contributed by atoms with Gasteiger partial charge in [-0.05, 0) is 36.4 Å². The molecule has 23 heavy (non-hydrogen) atoms. The zero-order valence-electron chi connectivity index (χ0n) is 12.9. The van der Waals surface area contributed by atoms with E-state index in [0.29, 0.717) is 31.5 Å². The number of aliphatic carboxylic acids is 1. The Labute approximate surface area is 133 Å². The smallest absolute Gasteiger partial charge is 0.337 e. The molecule has 0 spiro atoms. The van der Waals surface area contributed by atoms with E-state index in [1.165, 1.54) is 7.11 Å². The van der Waals surface area contributed by atoms with Crippen LogP contribution in [0.4, 0.5) is 5.82 Å². The summed E-state index contributed by atoms with van der Waals surface area (Å²) in [6, 6.07) is 7.28. The molecule has 0 radical (unpaired) electrons. The molecule has 6 nitrogen and oxygen atoms in total. The molecule has 2 aromatic rings. The number of carboxylic acid groups (broad SMARTS) is 1. The zero-order chi connectivity index (χ0) is 16.4. The highest BCUT2D eigenvalue weighted by Gasteiger charge is 2.26. The van der Waals surface area contributed by atoms with E-state index < -0.39 is 5.97 Å². The van der Waals surface area contributed by atoms with Crippen LogP contribution < -0.4 is 4.90 Å². The predicted octanol–water partition coefficient (Wildman–Crippen LogP) is 2.32. The Morgan fingerprint density at radius 1 is 1.26 bits per heavy atom. The Hall–Kier alpha value is -2.63. The SMILES string of the molecule is COC(=O)c1ccc2ccnc(N3CCC(C(=O)O)CC3)c2c1. The fraction of sp³-hybridized carbons (Fsp3) is 0.353. The van der Waals surface area contributed by atoms with Crippen LogP contribution in [0.1, 0.15) is 23.2 Å². The summed E-state index contributed by atoms with van der Waals surface area (Å²) in [5.41, 5.74) is 0.481. The number of hydrogen-bond donors (Lipinski definition) is 1. The molecule has 120 valence electrons. The number of carbonyl (C=O) groups excluding carboxylic acids is 1. The second kappa shape index (κ2) is 6.24. The molecule has 1 aliphatic heterocycles. The molecular weight excluding hydrogens is 296 g/mol. The van der Waals surface area contributed by atoms with Crippen molar-refractivity contribution < 1.29 is 19.4 Å². The van der Waals surface area contributed by atoms with Gasteiger partial charge in [0, 0.05) is 24.7 Å². The molecule has 1 aliphatic rings. The summed E-state index contributed by atoms with van der Waals surface area (Å²) in [6.07, 6.45) is 2.94. The summed E-state index contributed by atoms with van der Waals surface area (Å²) in [5, 5.41) is 11.0. The number of hydrogen-bond acceptors (Lipinski definition) is 5. The summed E-state index contributed by atoms with van der Waals surface area (Å²) in [6.45, 7) is 1.29. The largest absolute Gasteiger partial charge is 0.481 e. The molecular formula is C17H18N2O4. The van der Waals surface area contributed by atoms with E-state index in [4.69, 9.17) is 9.84 Å². The number of fused-ring (bicyclic) bond motifs is 1. The van der Waals surface area contributed by atoms with Gasteiger partial charge in [0.2, 0.25) is 0 Å². The number of ether oxygens (including phenoxy) is 1. The maximum atomic E-state index is 11.7. The first-order valence-corrected chi connectivity index (χ1v) is 7.55. The van der Waals surface area contributed by atoms with E-state index in [9.17, 15) is 9.59 Å². The van der Waals surface area contributed by atoms with E-state index in [1.54, 1.807) is 18.3 Å². The van der Waals surface area contributed by atoms with Crippen LogP contribution in [0.2, 0.25) is 0 Å². The van der Waals surface area contributed by atoms with Gasteiger partial charge in [-0.3, -0.25) is 4.79 Å². The Morgan fingerprint density at radius 2 is 2.00 bits per heavy atom. The lowest BCUT2D eigenvalue weighted by Crippen LogP contribution is -2.36. The number of rotatable bonds is 3. The molecule has 0 amide bonds. The first-order valence-electron chi connectivity index (χ1n) is 7.55. The van der Waals surface area contributed by atoms with E-state index in [1.807, 2.05) is 12.1 Å². The maximum Gasteiger partial charge on any atom is 0.337 e. The molecule has 0 unspecified atom stereocenters. The molecule has 1 fully saturated rings. The molecule has 0 atom stereocenters. The Kier molecular flexibility index (Phi) is 4.14. The number of benzene rings is 1. The molecule has 0 saturated carbocycles. The van der Waals surface area contributed by atoms with Crippen LogP contribution in [0.25, 0.3) is 10.8 Å². The molecule has 6 heteroatoms. The van der Waals surface area contributed by atoms with Gasteiger partial charge in [0.15, 0.2) is 0 Å². The Morgan fingerprint density at radius 3 is 2.65 bits per heavy atom. The molecule has 0 bridgehead atoms. The standard InChI is InChI=1S/C17H18N2O4/c1-23-17(22)13-3-2-11-4-7-18-15(14(11)10-13)19-8-5-12(6-9-19)16(20)21/h2-4,7,10,12H,5-6,8-9H2,1H3,(H,20,21). The molecule has 0 aliphatic carbocycles. The number of nitrogens with zero attached hydrogens (tertiary/aromatic N) is 2. The predicted molar refractivity (Wildman–Crippen MR) is 85.7 cm³/mol. The topological polar surface area (TPSA) is 79.7 Å². The van der Waals surface area contributed by atoms with Gasteiger partial charge in [0.25, 0.3) is 0 Å². The maximum absolute atomic E-state index is 11.7. The molecule has 1 aromatic heterocycles. The van der Waals surface area contributed by atoms with Gasteiger partial charge in [-0.2, -0.15) is 0 Å². The number of carbonyl (C=O) groups is 2. The van der Waals surface area contributed by atoms with Crippen molar-refractivity contribution in [2.75, 3.05) is 25.1 Å². The van der Waals surface area contributed by atoms with Gasteiger partial charge in [-0.1, -0.05) is 6.07 Å². The average Bonchev–Trinajstić information content (AvgIpc) is 2.60. The van der Waals surface area contributed by atoms with Gasteiger partial charge in [-0.15, -0.1) is 0 Å². The minimum Gasteiger partial charge on any atom is -0.481 e. The summed E-state index contributed by atoms with van der Waals surface area (Å²) in [7, 11) is 1.35. The highest BCUT2D eigenvalue weighted by atomic mass is 16.5. The van der Waals surface area contributed by atoms with Crippen LogP contribution in [0, 0.1) is 5.92 Å². The fourth-order valence-corrected chi connectivity index (χ4v) is 2.99. The van der Waals surface area contributed by atoms with E-state index in [2.05, 4.69) is 9.88 Å². The minimum absolute atomic E-state index is 0.285. The number of anilines is 1. The van der Waals surface area contributed by atoms with Crippen LogP contribution >= 0.6 is 0 Å². The zero-order valence-corrected chi connectivity index (χ0v) is 12.9. The van der Waals surface area contributed by atoms with Crippen molar-refractivity contribution in [2.24, 2.45) is 5.92 Å². The number of pyridine rings is 1. The first kappa shape index (κ1) is 15.3. The van der Waals surface area contributed by atoms with Gasteiger partial charge in [0.05, 0.1) is 18.6 Å². The normalized spacial score (nSPS) is 15.6. The van der Waals surface area contributed by atoms with Crippen molar-refractivity contribution >= 4 is 28.5 Å². The quantitative estimate of drug-likeness (QED) is 0.876. The second-order valence-corrected chi connectivity index (χ2v) is 5.66. The minimum atomic E-state index is -0.733. The van der Waals surface area contributed by atoms with Gasteiger partial charge < -0.3 is 14.7 Å². The van der Waals surface area contributed by atoms with E-state index in [0.717, 1.165) is 16.6 Å². The summed E-state index contributed by atoms with van der Waals surface area (Å²) < 4.78 is 4.77. The van der Waals surface area contributed by atoms with Crippen molar-refractivity contribution in [1.82, 2.24) is 4.98 Å². The highest BCUT2D eigenvalue weighted by Crippen LogP contribution is 2.29. The molecule has 3 rings (SSSR count). The molecule has 2 heterocycles. The Bertz CT molecular complexity index is 751. The van der Waals surface area contributed by atoms with Crippen molar-refractivity contribution in [3.05, 3.63) is 36.0 Å². The third-order valence-electron chi connectivity index (χ3n) is 4.31. The summed E-state index contributed by atoms with van der Waals surface area (Å²) in [5.74, 6) is -0.612. The van der Waals surface area contributed by atoms with Crippen LogP contribution in [0.5, 0.6) is 0 Å². The number of piperidine rings is 1. The summed E-state index contributed by atoms with van der Waals surface area (Å²) >= 11 is 0. The van der Waals surface area contributed by atoms with Crippen molar-refractivity contribution in [2.45, 2.75) is 12.8 Å². The third-order valence-corrected chi connectivity index (χ3v) is 4.31. The molecule has 1 aromatic carbocycles. The highest BCUT2D eigenvalue weighted by molar-refractivity contribution is 5.99. The van der Waals surface area contributed by atoms with Gasteiger partial charge in [-0.25, -0.2) is 9.78 Å². The lowest BCUT2D eigenvalue weighted by molar-refractivity contribution is -0.142. The van der Waals surface area contributed by atoms with Crippen molar-refractivity contribution in [3.8, 4) is 0 Å². The van der Waals surface area contributed by atoms with Crippen LogP contribution in [0.15, 0.2) is 30.5 Å².